The van der Waals surface area contributed by atoms with E-state index in [-0.39, 0.29) is 35.8 Å². The Morgan fingerprint density at radius 2 is 1.92 bits per heavy atom. The van der Waals surface area contributed by atoms with Gasteiger partial charge in [0.15, 0.2) is 5.96 Å². The number of hydrogen-bond acceptors (Lipinski definition) is 4. The van der Waals surface area contributed by atoms with Crippen LogP contribution in [0.5, 0.6) is 0 Å². The number of carbonyl (C=O) groups is 1. The van der Waals surface area contributed by atoms with Crippen LogP contribution in [0.3, 0.4) is 0 Å². The van der Waals surface area contributed by atoms with Gasteiger partial charge >= 0.3 is 0 Å². The van der Waals surface area contributed by atoms with Crippen molar-refractivity contribution in [1.29, 1.82) is 0 Å². The van der Waals surface area contributed by atoms with Gasteiger partial charge in [-0.15, -0.1) is 24.0 Å². The van der Waals surface area contributed by atoms with Crippen molar-refractivity contribution in [3.8, 4) is 0 Å². The van der Waals surface area contributed by atoms with Crippen molar-refractivity contribution in [1.82, 2.24) is 21.1 Å². The topological polar surface area (TPSA) is 91.6 Å². The van der Waals surface area contributed by atoms with Gasteiger partial charge in [-0.05, 0) is 19.3 Å². The fourth-order valence-electron chi connectivity index (χ4n) is 2.39. The van der Waals surface area contributed by atoms with Crippen LogP contribution in [0.25, 0.3) is 0 Å². The molecule has 8 heteroatoms. The highest BCUT2D eigenvalue weighted by Crippen LogP contribution is 2.28. The van der Waals surface area contributed by atoms with Crippen LogP contribution in [0.15, 0.2) is 9.52 Å². The van der Waals surface area contributed by atoms with E-state index >= 15 is 0 Å². The maximum atomic E-state index is 11.5. The Balaban J connectivity index is 0.00000288. The number of nitrogens with one attached hydrogen (secondary N) is 3. The van der Waals surface area contributed by atoms with E-state index < -0.39 is 0 Å². The Hall–Kier alpha value is -1.32. The minimum Gasteiger partial charge on any atom is -0.361 e. The molecule has 0 unspecified atom stereocenters. The molecule has 1 aromatic rings. The molecule has 0 aromatic carbocycles. The lowest BCUT2D eigenvalue weighted by Crippen LogP contribution is -2.41. The molecule has 1 aromatic heterocycles. The second-order valence-corrected chi connectivity index (χ2v) is 5.66. The number of aryl methyl sites for hydroxylation is 2. The van der Waals surface area contributed by atoms with Crippen molar-refractivity contribution >= 4 is 35.8 Å². The first-order valence-electron chi connectivity index (χ1n) is 8.38. The van der Waals surface area contributed by atoms with Crippen molar-refractivity contribution in [2.45, 2.75) is 46.1 Å². The maximum absolute atomic E-state index is 11.5. The maximum Gasteiger partial charge on any atom is 0.223 e. The highest BCUT2D eigenvalue weighted by atomic mass is 127. The fourth-order valence-corrected chi connectivity index (χ4v) is 2.39. The number of amides is 1. The summed E-state index contributed by atoms with van der Waals surface area (Å²) in [5.74, 6) is 2.04. The van der Waals surface area contributed by atoms with Crippen molar-refractivity contribution in [2.75, 3.05) is 20.1 Å². The summed E-state index contributed by atoms with van der Waals surface area (Å²) in [5.41, 5.74) is 2.10. The zero-order valence-electron chi connectivity index (χ0n) is 14.6. The van der Waals surface area contributed by atoms with Gasteiger partial charge in [0.25, 0.3) is 0 Å². The second kappa shape index (κ2) is 10.5. The standard InChI is InChI=1S/C16H27N5O2.HI/c1-4-13-12(14(5-2)23-21-13)10-20-16(17-3)19-9-8-18-15(22)11-6-7-11;/h11H,4-10H2,1-3H3,(H,18,22)(H2,17,19,20);1H. The van der Waals surface area contributed by atoms with Crippen LogP contribution in [-0.2, 0) is 24.2 Å². The number of nitrogens with zero attached hydrogens (tertiary/aromatic N) is 2. The summed E-state index contributed by atoms with van der Waals surface area (Å²) in [6, 6.07) is 0. The van der Waals surface area contributed by atoms with Gasteiger partial charge in [0, 0.05) is 44.6 Å². The first-order chi connectivity index (χ1) is 11.2. The second-order valence-electron chi connectivity index (χ2n) is 5.66. The molecule has 0 saturated heterocycles. The zero-order valence-corrected chi connectivity index (χ0v) is 17.0. The average molecular weight is 449 g/mol. The molecular weight excluding hydrogens is 421 g/mol. The van der Waals surface area contributed by atoms with Crippen molar-refractivity contribution < 1.29 is 9.32 Å². The van der Waals surface area contributed by atoms with E-state index in [0.717, 1.165) is 42.7 Å². The summed E-state index contributed by atoms with van der Waals surface area (Å²) in [5, 5.41) is 13.5. The summed E-state index contributed by atoms with van der Waals surface area (Å²) in [4.78, 5) is 15.7. The Morgan fingerprint density at radius 1 is 1.21 bits per heavy atom. The van der Waals surface area contributed by atoms with Crippen LogP contribution in [0.2, 0.25) is 0 Å². The molecule has 1 aliphatic carbocycles. The number of aromatic nitrogens is 1. The van der Waals surface area contributed by atoms with Crippen LogP contribution < -0.4 is 16.0 Å². The van der Waals surface area contributed by atoms with Gasteiger partial charge in [-0.1, -0.05) is 19.0 Å². The lowest BCUT2D eigenvalue weighted by Gasteiger charge is -2.12. The van der Waals surface area contributed by atoms with Gasteiger partial charge in [-0.2, -0.15) is 0 Å². The first kappa shape index (κ1) is 20.7. The molecule has 0 bridgehead atoms. The summed E-state index contributed by atoms with van der Waals surface area (Å²) in [7, 11) is 1.73. The minimum absolute atomic E-state index is 0. The highest BCUT2D eigenvalue weighted by Gasteiger charge is 2.28. The quantitative estimate of drug-likeness (QED) is 0.243. The smallest absolute Gasteiger partial charge is 0.223 e. The largest absolute Gasteiger partial charge is 0.361 e. The number of halogens is 1. The lowest BCUT2D eigenvalue weighted by molar-refractivity contribution is -0.122. The SMILES string of the molecule is CCc1noc(CC)c1CNC(=NC)NCCNC(=O)C1CC1.I. The summed E-state index contributed by atoms with van der Waals surface area (Å²) in [6.45, 7) is 5.99. The summed E-state index contributed by atoms with van der Waals surface area (Å²) < 4.78 is 5.36. The monoisotopic (exact) mass is 449 g/mol. The third kappa shape index (κ3) is 5.95. The normalized spacial score (nSPS) is 14.0. The zero-order chi connectivity index (χ0) is 16.7. The molecule has 1 aliphatic rings. The molecule has 2 rings (SSSR count). The van der Waals surface area contributed by atoms with Gasteiger partial charge in [0.05, 0.1) is 5.69 Å². The molecule has 1 heterocycles. The number of carbonyl (C=O) groups excluding carboxylic acids is 1. The first-order valence-corrected chi connectivity index (χ1v) is 8.38. The Kier molecular flexibility index (Phi) is 9.09. The molecule has 1 fully saturated rings. The molecule has 0 spiro atoms. The molecule has 0 aliphatic heterocycles. The van der Waals surface area contributed by atoms with E-state index in [1.807, 2.05) is 0 Å². The van der Waals surface area contributed by atoms with E-state index in [4.69, 9.17) is 4.52 Å². The molecule has 24 heavy (non-hydrogen) atoms. The Labute approximate surface area is 160 Å². The number of hydrogen-bond donors (Lipinski definition) is 3. The average Bonchev–Trinajstić information content (AvgIpc) is 3.34. The molecule has 136 valence electrons. The van der Waals surface area contributed by atoms with E-state index in [9.17, 15) is 4.79 Å². The third-order valence-electron chi connectivity index (χ3n) is 3.93. The van der Waals surface area contributed by atoms with E-state index in [2.05, 4.69) is 39.9 Å². The number of aliphatic imine (C=N–C) groups is 1. The van der Waals surface area contributed by atoms with Crippen LogP contribution in [0.4, 0.5) is 0 Å². The Bertz CT molecular complexity index is 533. The van der Waals surface area contributed by atoms with Crippen molar-refractivity contribution in [3.63, 3.8) is 0 Å². The van der Waals surface area contributed by atoms with E-state index in [0.29, 0.717) is 25.6 Å². The van der Waals surface area contributed by atoms with Crippen LogP contribution in [0.1, 0.15) is 43.7 Å². The molecule has 1 amide bonds. The van der Waals surface area contributed by atoms with Gasteiger partial charge in [-0.25, -0.2) is 0 Å². The molecule has 1 saturated carbocycles. The minimum atomic E-state index is 0. The predicted molar refractivity (Wildman–Crippen MR) is 105 cm³/mol. The van der Waals surface area contributed by atoms with Crippen molar-refractivity contribution in [2.24, 2.45) is 10.9 Å². The number of guanidine groups is 1. The molecule has 7 nitrogen and oxygen atoms in total. The lowest BCUT2D eigenvalue weighted by atomic mass is 10.1. The molecular formula is C16H28IN5O2. The van der Waals surface area contributed by atoms with Gasteiger partial charge in [-0.3, -0.25) is 9.79 Å². The van der Waals surface area contributed by atoms with Gasteiger partial charge in [0.1, 0.15) is 5.76 Å². The number of rotatable bonds is 8. The summed E-state index contributed by atoms with van der Waals surface area (Å²) >= 11 is 0. The molecule has 3 N–H and O–H groups in total. The summed E-state index contributed by atoms with van der Waals surface area (Å²) in [6.07, 6.45) is 3.73. The van der Waals surface area contributed by atoms with E-state index in [1.165, 1.54) is 0 Å². The van der Waals surface area contributed by atoms with Crippen LogP contribution in [0, 0.1) is 5.92 Å². The Morgan fingerprint density at radius 3 is 2.50 bits per heavy atom. The van der Waals surface area contributed by atoms with Crippen molar-refractivity contribution in [3.05, 3.63) is 17.0 Å². The van der Waals surface area contributed by atoms with Gasteiger partial charge < -0.3 is 20.5 Å². The van der Waals surface area contributed by atoms with Gasteiger partial charge in [0.2, 0.25) is 5.91 Å². The molecule has 0 atom stereocenters. The fraction of sp³-hybridized carbons (Fsp3) is 0.688. The van der Waals surface area contributed by atoms with Crippen LogP contribution in [-0.4, -0.2) is 37.2 Å². The predicted octanol–water partition coefficient (Wildman–Crippen LogP) is 1.61. The van der Waals surface area contributed by atoms with E-state index in [1.54, 1.807) is 7.05 Å². The third-order valence-corrected chi connectivity index (χ3v) is 3.93. The highest BCUT2D eigenvalue weighted by molar-refractivity contribution is 14.0. The molecule has 0 radical (unpaired) electrons. The van der Waals surface area contributed by atoms with Crippen LogP contribution >= 0.6 is 24.0 Å².